The van der Waals surface area contributed by atoms with Gasteiger partial charge in [-0.15, -0.1) is 0 Å². The van der Waals surface area contributed by atoms with Crippen LogP contribution in [0.15, 0.2) is 23.8 Å². The van der Waals surface area contributed by atoms with E-state index in [2.05, 4.69) is 12.2 Å². The van der Waals surface area contributed by atoms with Crippen molar-refractivity contribution in [3.8, 4) is 0 Å². The lowest BCUT2D eigenvalue weighted by Gasteiger charge is -2.07. The topological polar surface area (TPSA) is 26.0 Å². The number of rotatable bonds is 2. The van der Waals surface area contributed by atoms with Crippen LogP contribution < -0.4 is 5.73 Å². The lowest BCUT2D eigenvalue weighted by atomic mass is 9.99. The van der Waals surface area contributed by atoms with Crippen LogP contribution in [0.3, 0.4) is 0 Å². The van der Waals surface area contributed by atoms with E-state index in [-0.39, 0.29) is 0 Å². The fourth-order valence-electron chi connectivity index (χ4n) is 1.23. The number of nitrogens with two attached hydrogens (primary N) is 1. The molecule has 0 fully saturated rings. The van der Waals surface area contributed by atoms with Crippen LogP contribution in [0.25, 0.3) is 0 Å². The molecule has 1 nitrogen and oxygen atoms in total. The summed E-state index contributed by atoms with van der Waals surface area (Å²) < 4.78 is 0. The highest BCUT2D eigenvalue weighted by Crippen LogP contribution is 2.17. The van der Waals surface area contributed by atoms with Crippen molar-refractivity contribution in [2.45, 2.75) is 25.7 Å². The molecule has 0 spiro atoms. The maximum absolute atomic E-state index is 5.33. The highest BCUT2D eigenvalue weighted by molar-refractivity contribution is 5.20. The van der Waals surface area contributed by atoms with E-state index in [0.29, 0.717) is 6.54 Å². The Hall–Kier alpha value is -0.560. The Bertz CT molecular complexity index is 145. The van der Waals surface area contributed by atoms with Gasteiger partial charge < -0.3 is 5.73 Å². The van der Waals surface area contributed by atoms with Crippen LogP contribution in [0.1, 0.15) is 25.7 Å². The van der Waals surface area contributed by atoms with Crippen LogP contribution in [-0.2, 0) is 0 Å². The molecule has 0 radical (unpaired) electrons. The summed E-state index contributed by atoms with van der Waals surface area (Å²) in [5.41, 5.74) is 6.80. The zero-order chi connectivity index (χ0) is 7.23. The molecule has 0 bridgehead atoms. The van der Waals surface area contributed by atoms with Crippen molar-refractivity contribution >= 4 is 0 Å². The number of hydrogen-bond donors (Lipinski definition) is 1. The third-order valence-electron chi connectivity index (χ3n) is 1.79. The molecule has 10 heavy (non-hydrogen) atoms. The quantitative estimate of drug-likeness (QED) is 0.619. The first-order valence-electron chi connectivity index (χ1n) is 3.99. The van der Waals surface area contributed by atoms with Crippen molar-refractivity contribution in [1.82, 2.24) is 0 Å². The third kappa shape index (κ3) is 2.36. The fraction of sp³-hybridized carbons (Fsp3) is 0.556. The molecule has 0 aromatic heterocycles. The largest absolute Gasteiger partial charge is 0.327 e. The second-order valence-electron chi connectivity index (χ2n) is 2.66. The minimum Gasteiger partial charge on any atom is -0.327 e. The Morgan fingerprint density at radius 3 is 3.00 bits per heavy atom. The number of hydrogen-bond acceptors (Lipinski definition) is 1. The fourth-order valence-corrected chi connectivity index (χ4v) is 1.23. The second kappa shape index (κ2) is 4.29. The Morgan fingerprint density at radius 1 is 1.50 bits per heavy atom. The maximum atomic E-state index is 5.33. The monoisotopic (exact) mass is 137 g/mol. The summed E-state index contributed by atoms with van der Waals surface area (Å²) in [5.74, 6) is 0. The molecule has 0 heterocycles. The summed E-state index contributed by atoms with van der Waals surface area (Å²) in [6.07, 6.45) is 11.7. The van der Waals surface area contributed by atoms with Crippen LogP contribution in [0.4, 0.5) is 0 Å². The van der Waals surface area contributed by atoms with E-state index in [1.165, 1.54) is 31.3 Å². The average Bonchev–Trinajstić information content (AvgIpc) is 2.03. The summed E-state index contributed by atoms with van der Waals surface area (Å²) in [6.45, 7) is 0.664. The van der Waals surface area contributed by atoms with Gasteiger partial charge in [0, 0.05) is 6.54 Å². The van der Waals surface area contributed by atoms with Crippen LogP contribution in [0.5, 0.6) is 0 Å². The van der Waals surface area contributed by atoms with Gasteiger partial charge in [0.2, 0.25) is 0 Å². The van der Waals surface area contributed by atoms with E-state index < -0.39 is 0 Å². The van der Waals surface area contributed by atoms with E-state index in [9.17, 15) is 0 Å². The maximum Gasteiger partial charge on any atom is 0.0110 e. The first-order valence-corrected chi connectivity index (χ1v) is 3.99. The molecule has 1 rings (SSSR count). The lowest BCUT2D eigenvalue weighted by Crippen LogP contribution is -1.94. The smallest absolute Gasteiger partial charge is 0.0110 e. The van der Waals surface area contributed by atoms with E-state index in [1.807, 2.05) is 6.08 Å². The summed E-state index contributed by atoms with van der Waals surface area (Å²) in [5, 5.41) is 0. The van der Waals surface area contributed by atoms with E-state index in [4.69, 9.17) is 5.73 Å². The Kier molecular flexibility index (Phi) is 3.23. The lowest BCUT2D eigenvalue weighted by molar-refractivity contribution is 0.712. The van der Waals surface area contributed by atoms with Gasteiger partial charge in [-0.1, -0.05) is 23.8 Å². The number of allylic oxidation sites excluding steroid dienone is 3. The van der Waals surface area contributed by atoms with Crippen molar-refractivity contribution in [3.63, 3.8) is 0 Å². The van der Waals surface area contributed by atoms with Gasteiger partial charge in [0.05, 0.1) is 0 Å². The SMILES string of the molecule is NCC=CC1=CCCCC1. The van der Waals surface area contributed by atoms with Gasteiger partial charge in [0.25, 0.3) is 0 Å². The first-order chi connectivity index (χ1) is 4.93. The third-order valence-corrected chi connectivity index (χ3v) is 1.79. The molecule has 0 aromatic carbocycles. The molecule has 0 saturated carbocycles. The zero-order valence-electron chi connectivity index (χ0n) is 6.34. The van der Waals surface area contributed by atoms with Crippen molar-refractivity contribution in [2.24, 2.45) is 5.73 Å². The predicted octanol–water partition coefficient (Wildman–Crippen LogP) is 2.00. The van der Waals surface area contributed by atoms with Gasteiger partial charge in [-0.2, -0.15) is 0 Å². The van der Waals surface area contributed by atoms with Gasteiger partial charge in [-0.05, 0) is 25.7 Å². The average molecular weight is 137 g/mol. The van der Waals surface area contributed by atoms with Crippen molar-refractivity contribution < 1.29 is 0 Å². The molecule has 0 unspecified atom stereocenters. The summed E-state index contributed by atoms with van der Waals surface area (Å²) in [4.78, 5) is 0. The second-order valence-corrected chi connectivity index (χ2v) is 2.66. The molecule has 1 aliphatic rings. The first kappa shape index (κ1) is 7.55. The molecule has 1 aliphatic carbocycles. The molecular weight excluding hydrogens is 122 g/mol. The molecular formula is C9H15N. The van der Waals surface area contributed by atoms with Crippen molar-refractivity contribution in [3.05, 3.63) is 23.8 Å². The summed E-state index contributed by atoms with van der Waals surface area (Å²) in [6, 6.07) is 0. The molecule has 0 atom stereocenters. The van der Waals surface area contributed by atoms with E-state index in [0.717, 1.165) is 0 Å². The van der Waals surface area contributed by atoms with Crippen LogP contribution in [0.2, 0.25) is 0 Å². The molecule has 2 N–H and O–H groups in total. The minimum atomic E-state index is 0.664. The van der Waals surface area contributed by atoms with Gasteiger partial charge >= 0.3 is 0 Å². The highest BCUT2D eigenvalue weighted by Gasteiger charge is 1.98. The van der Waals surface area contributed by atoms with Crippen LogP contribution in [-0.4, -0.2) is 6.54 Å². The molecule has 0 amide bonds. The summed E-state index contributed by atoms with van der Waals surface area (Å²) in [7, 11) is 0. The van der Waals surface area contributed by atoms with Crippen molar-refractivity contribution in [1.29, 1.82) is 0 Å². The predicted molar refractivity (Wildman–Crippen MR) is 44.7 cm³/mol. The standard InChI is InChI=1S/C9H15N/c10-8-4-7-9-5-2-1-3-6-9/h4-5,7H,1-3,6,8,10H2. The zero-order valence-corrected chi connectivity index (χ0v) is 6.34. The molecule has 0 saturated heterocycles. The van der Waals surface area contributed by atoms with E-state index in [1.54, 1.807) is 0 Å². The van der Waals surface area contributed by atoms with Gasteiger partial charge in [-0.25, -0.2) is 0 Å². The summed E-state index contributed by atoms with van der Waals surface area (Å²) >= 11 is 0. The Balaban J connectivity index is 2.38. The van der Waals surface area contributed by atoms with Gasteiger partial charge in [-0.3, -0.25) is 0 Å². The van der Waals surface area contributed by atoms with E-state index >= 15 is 0 Å². The van der Waals surface area contributed by atoms with Gasteiger partial charge in [0.1, 0.15) is 0 Å². The Labute approximate surface area is 62.6 Å². The molecule has 1 heteroatoms. The van der Waals surface area contributed by atoms with Gasteiger partial charge in [0.15, 0.2) is 0 Å². The van der Waals surface area contributed by atoms with Crippen LogP contribution >= 0.6 is 0 Å². The molecule has 0 aromatic rings. The van der Waals surface area contributed by atoms with Crippen LogP contribution in [0, 0.1) is 0 Å². The minimum absolute atomic E-state index is 0.664. The highest BCUT2D eigenvalue weighted by atomic mass is 14.5. The normalized spacial score (nSPS) is 19.5. The Morgan fingerprint density at radius 2 is 2.40 bits per heavy atom. The van der Waals surface area contributed by atoms with Crippen molar-refractivity contribution in [2.75, 3.05) is 6.54 Å². The molecule has 56 valence electrons. The molecule has 0 aliphatic heterocycles.